The quantitative estimate of drug-likeness (QED) is 0.316. The molecule has 7 atom stereocenters. The summed E-state index contributed by atoms with van der Waals surface area (Å²) >= 11 is 0. The van der Waals surface area contributed by atoms with Crippen LogP contribution in [0.5, 0.6) is 0 Å². The lowest BCUT2D eigenvalue weighted by Gasteiger charge is -2.38. The third-order valence-corrected chi connectivity index (χ3v) is 8.26. The highest BCUT2D eigenvalue weighted by Crippen LogP contribution is 2.58. The van der Waals surface area contributed by atoms with Gasteiger partial charge in [-0.05, 0) is 6.92 Å². The summed E-state index contributed by atoms with van der Waals surface area (Å²) in [4.78, 5) is 0. The number of hydrogen-bond acceptors (Lipinski definition) is 9. The maximum absolute atomic E-state index is 12.9. The Balaban J connectivity index is 1.68. The minimum atomic E-state index is -3.82. The normalized spacial score (nSPS) is 48.6. The molecule has 7 nitrogen and oxygen atoms in total. The van der Waals surface area contributed by atoms with Crippen LogP contribution in [0.25, 0.3) is 0 Å². The van der Waals surface area contributed by atoms with Crippen LogP contribution in [0.15, 0.2) is 0 Å². The molecule has 134 valence electrons. The van der Waals surface area contributed by atoms with E-state index >= 15 is 0 Å². The fourth-order valence-corrected chi connectivity index (χ4v) is 7.00. The summed E-state index contributed by atoms with van der Waals surface area (Å²) in [5.74, 6) is 3.66. The van der Waals surface area contributed by atoms with Gasteiger partial charge in [-0.15, -0.1) is 6.42 Å². The Bertz CT molecular complexity index is 557. The lowest BCUT2D eigenvalue weighted by Crippen LogP contribution is -2.49. The molecule has 0 amide bonds. The van der Waals surface area contributed by atoms with Gasteiger partial charge in [-0.2, -0.15) is 0 Å². The molecule has 3 saturated heterocycles. The van der Waals surface area contributed by atoms with Crippen LogP contribution >= 0.6 is 29.4 Å². The molecule has 3 aliphatic heterocycles. The van der Waals surface area contributed by atoms with Gasteiger partial charge in [0.2, 0.25) is 0 Å². The average Bonchev–Trinajstić information content (AvgIpc) is 2.76. The highest BCUT2D eigenvalue weighted by Gasteiger charge is 2.58. The Hall–Kier alpha value is 0.315. The summed E-state index contributed by atoms with van der Waals surface area (Å²) < 4.78 is 40.7. The van der Waals surface area contributed by atoms with Crippen molar-refractivity contribution in [3.63, 3.8) is 0 Å². The molecule has 0 radical (unpaired) electrons. The topological polar surface area (TPSA) is 83.5 Å². The number of fused-ring (bicyclic) bond motifs is 1. The smallest absolute Gasteiger partial charge is 0.385 e. The lowest BCUT2D eigenvalue weighted by molar-refractivity contribution is -0.0906. The van der Waals surface area contributed by atoms with Crippen molar-refractivity contribution in [2.75, 3.05) is 24.7 Å². The second-order valence-electron chi connectivity index (χ2n) is 6.08. The Morgan fingerprint density at radius 3 is 2.88 bits per heavy atom. The van der Waals surface area contributed by atoms with Gasteiger partial charge in [0, 0.05) is 11.5 Å². The molecular weight excluding hydrogens is 374 g/mol. The van der Waals surface area contributed by atoms with Crippen molar-refractivity contribution < 1.29 is 32.7 Å². The van der Waals surface area contributed by atoms with Gasteiger partial charge in [-0.25, -0.2) is 4.57 Å². The third-order valence-electron chi connectivity index (χ3n) is 4.36. The Morgan fingerprint density at radius 1 is 1.46 bits per heavy atom. The van der Waals surface area contributed by atoms with E-state index in [1.54, 1.807) is 36.4 Å². The van der Waals surface area contributed by atoms with E-state index in [4.69, 9.17) is 29.5 Å². The first-order chi connectivity index (χ1) is 11.4. The van der Waals surface area contributed by atoms with Crippen molar-refractivity contribution in [2.24, 2.45) is 0 Å². The number of ether oxygens (including phenoxy) is 2. The number of phosphoric acid groups is 1. The minimum absolute atomic E-state index is 0.0485. The summed E-state index contributed by atoms with van der Waals surface area (Å²) in [5, 5.41) is 10.5. The van der Waals surface area contributed by atoms with E-state index in [2.05, 4.69) is 5.92 Å². The molecule has 2 unspecified atom stereocenters. The maximum Gasteiger partial charge on any atom is 0.475 e. The van der Waals surface area contributed by atoms with Crippen LogP contribution in [-0.2, 0) is 27.6 Å². The van der Waals surface area contributed by atoms with Gasteiger partial charge in [0.1, 0.15) is 38.4 Å². The number of terminal acetylenes is 1. The van der Waals surface area contributed by atoms with Gasteiger partial charge in [-0.1, -0.05) is 27.5 Å². The number of phosphoric ester groups is 1. The third kappa shape index (κ3) is 3.85. The zero-order valence-corrected chi connectivity index (χ0v) is 16.0. The summed E-state index contributed by atoms with van der Waals surface area (Å²) in [6, 6.07) is -0.448. The largest absolute Gasteiger partial charge is 0.475 e. The predicted octanol–water partition coefficient (Wildman–Crippen LogP) is 0.417. The number of aliphatic hydroxyl groups is 1. The first kappa shape index (κ1) is 19.1. The molecule has 0 aliphatic carbocycles. The van der Waals surface area contributed by atoms with Crippen LogP contribution in [0.1, 0.15) is 6.92 Å². The summed E-state index contributed by atoms with van der Waals surface area (Å²) in [5.41, 5.74) is -1.26. The van der Waals surface area contributed by atoms with Gasteiger partial charge in [0.25, 0.3) is 0 Å². The van der Waals surface area contributed by atoms with Gasteiger partial charge >= 0.3 is 7.82 Å². The molecule has 3 rings (SSSR count). The Kier molecular flexibility index (Phi) is 5.97. The van der Waals surface area contributed by atoms with Crippen molar-refractivity contribution in [1.82, 2.24) is 0 Å². The van der Waals surface area contributed by atoms with E-state index in [-0.39, 0.29) is 19.3 Å². The van der Waals surface area contributed by atoms with E-state index in [0.717, 1.165) is 0 Å². The molecule has 3 fully saturated rings. The van der Waals surface area contributed by atoms with Gasteiger partial charge in [0.15, 0.2) is 0 Å². The van der Waals surface area contributed by atoms with E-state index < -0.39 is 37.7 Å². The van der Waals surface area contributed by atoms with Gasteiger partial charge in [-0.3, -0.25) is 13.6 Å². The zero-order chi connectivity index (χ0) is 17.4. The maximum atomic E-state index is 12.9. The Labute approximate surface area is 150 Å². The molecule has 3 aliphatic rings. The first-order valence-electron chi connectivity index (χ1n) is 7.64. The van der Waals surface area contributed by atoms with Crippen LogP contribution in [0.2, 0.25) is 0 Å². The zero-order valence-electron chi connectivity index (χ0n) is 13.5. The first-order valence-corrected chi connectivity index (χ1v) is 11.6. The fourth-order valence-electron chi connectivity index (χ4n) is 2.79. The molecule has 1 N–H and O–H groups in total. The molecule has 0 bridgehead atoms. The van der Waals surface area contributed by atoms with Crippen molar-refractivity contribution in [2.45, 2.75) is 42.9 Å². The van der Waals surface area contributed by atoms with E-state index in [1.165, 1.54) is 0 Å². The standard InChI is InChI=1S/C13H20BO7PS2/c1-3-4-17-9-6-23-24-7-10(9)20-22(16)18-5-8-11(21-22)13(2,15)12(14)19-8/h1,8-12,15H,4-7,14H2,2H3/t8-,9-,10-,11-,12?,13-,22?/m1/s1. The summed E-state index contributed by atoms with van der Waals surface area (Å²) in [6.07, 6.45) is 3.25. The molecule has 11 heteroatoms. The lowest BCUT2D eigenvalue weighted by atomic mass is 9.82. The number of hydrogen-bond donors (Lipinski definition) is 1. The van der Waals surface area contributed by atoms with Crippen molar-refractivity contribution in [3.8, 4) is 12.3 Å². The van der Waals surface area contributed by atoms with E-state index in [0.29, 0.717) is 11.5 Å². The minimum Gasteiger partial charge on any atom is -0.385 e. The highest BCUT2D eigenvalue weighted by molar-refractivity contribution is 8.76. The molecular formula is C13H20BO7PS2. The molecule has 24 heavy (non-hydrogen) atoms. The predicted molar refractivity (Wildman–Crippen MR) is 94.6 cm³/mol. The van der Waals surface area contributed by atoms with Crippen molar-refractivity contribution in [1.29, 1.82) is 0 Å². The van der Waals surface area contributed by atoms with Gasteiger partial charge < -0.3 is 14.6 Å². The monoisotopic (exact) mass is 394 g/mol. The van der Waals surface area contributed by atoms with Crippen LogP contribution in [0.4, 0.5) is 0 Å². The molecule has 0 spiro atoms. The average molecular weight is 394 g/mol. The van der Waals surface area contributed by atoms with Crippen molar-refractivity contribution >= 4 is 37.3 Å². The van der Waals surface area contributed by atoms with Crippen LogP contribution in [0, 0.1) is 12.3 Å². The molecule has 3 heterocycles. The number of rotatable bonds is 4. The summed E-state index contributed by atoms with van der Waals surface area (Å²) in [7, 11) is 1.17. The molecule has 0 aromatic carbocycles. The molecule has 0 aromatic rings. The second kappa shape index (κ2) is 7.51. The van der Waals surface area contributed by atoms with E-state index in [9.17, 15) is 9.67 Å². The SMILES string of the molecule is BC1O[C@@H]2COP(=O)(O[C@@H]3CSSC[C@H]3OCC#C)O[C@H]2[C@@]1(C)O. The van der Waals surface area contributed by atoms with E-state index in [1.807, 2.05) is 0 Å². The Morgan fingerprint density at radius 2 is 2.17 bits per heavy atom. The highest BCUT2D eigenvalue weighted by atomic mass is 33.1. The second-order valence-corrected chi connectivity index (χ2v) is 10.2. The fraction of sp³-hybridized carbons (Fsp3) is 0.846. The summed E-state index contributed by atoms with van der Waals surface area (Å²) in [6.45, 7) is 1.81. The van der Waals surface area contributed by atoms with Crippen LogP contribution in [0.3, 0.4) is 0 Å². The van der Waals surface area contributed by atoms with Crippen LogP contribution in [-0.4, -0.2) is 73.7 Å². The molecule has 0 saturated carbocycles. The van der Waals surface area contributed by atoms with Crippen molar-refractivity contribution in [3.05, 3.63) is 0 Å². The van der Waals surface area contributed by atoms with Gasteiger partial charge in [0.05, 0.1) is 18.7 Å². The van der Waals surface area contributed by atoms with Crippen LogP contribution < -0.4 is 0 Å². The molecule has 0 aromatic heterocycles.